The smallest absolute Gasteiger partial charge is 0.230 e. The van der Waals surface area contributed by atoms with Crippen molar-refractivity contribution in [2.24, 2.45) is 5.92 Å². The molecule has 1 fully saturated rings. The van der Waals surface area contributed by atoms with Crippen molar-refractivity contribution in [2.45, 2.75) is 50.6 Å². The Morgan fingerprint density at radius 2 is 2.00 bits per heavy atom. The van der Waals surface area contributed by atoms with Gasteiger partial charge in [-0.25, -0.2) is 9.97 Å². The Kier molecular flexibility index (Phi) is 7.71. The Labute approximate surface area is 172 Å². The summed E-state index contributed by atoms with van der Waals surface area (Å²) in [5.74, 6) is 2.20. The third-order valence-electron chi connectivity index (χ3n) is 5.20. The average Bonchev–Trinajstić information content (AvgIpc) is 2.72. The van der Waals surface area contributed by atoms with Crippen molar-refractivity contribution < 1.29 is 4.79 Å². The van der Waals surface area contributed by atoms with Crippen molar-refractivity contribution in [1.82, 2.24) is 15.3 Å². The minimum absolute atomic E-state index is 0.0533. The van der Waals surface area contributed by atoms with E-state index in [1.807, 2.05) is 12.1 Å². The molecular formula is C22H30N4OS. The number of rotatable bonds is 8. The number of hydrogen-bond acceptors (Lipinski definition) is 5. The topological polar surface area (TPSA) is 58.1 Å². The quantitative estimate of drug-likeness (QED) is 0.539. The van der Waals surface area contributed by atoms with Crippen LogP contribution in [0.4, 0.5) is 5.82 Å². The molecule has 150 valence electrons. The number of benzene rings is 1. The molecule has 28 heavy (non-hydrogen) atoms. The van der Waals surface area contributed by atoms with E-state index in [-0.39, 0.29) is 11.9 Å². The van der Waals surface area contributed by atoms with E-state index in [0.717, 1.165) is 42.7 Å². The molecule has 3 rings (SSSR count). The van der Waals surface area contributed by atoms with Crippen LogP contribution in [0.3, 0.4) is 0 Å². The molecule has 0 bridgehead atoms. The van der Waals surface area contributed by atoms with Crippen LogP contribution in [-0.4, -0.2) is 40.8 Å². The van der Waals surface area contributed by atoms with E-state index >= 15 is 0 Å². The number of anilines is 1. The minimum Gasteiger partial charge on any atom is -0.356 e. The van der Waals surface area contributed by atoms with Gasteiger partial charge in [-0.2, -0.15) is 0 Å². The zero-order valence-corrected chi connectivity index (χ0v) is 17.6. The van der Waals surface area contributed by atoms with Gasteiger partial charge in [0, 0.05) is 25.2 Å². The highest BCUT2D eigenvalue weighted by Gasteiger charge is 2.17. The van der Waals surface area contributed by atoms with Crippen LogP contribution in [-0.2, 0) is 11.2 Å². The number of carbonyl (C=O) groups is 1. The SMILES string of the molecule is CC1CCN(c2cc(SCC(=O)N[C@H](C)CCc3ccccc3)ncn2)CC1. The van der Waals surface area contributed by atoms with Crippen LogP contribution < -0.4 is 10.2 Å². The van der Waals surface area contributed by atoms with Crippen LogP contribution >= 0.6 is 11.8 Å². The van der Waals surface area contributed by atoms with Crippen molar-refractivity contribution in [2.75, 3.05) is 23.7 Å². The number of aromatic nitrogens is 2. The summed E-state index contributed by atoms with van der Waals surface area (Å²) in [5, 5.41) is 3.95. The highest BCUT2D eigenvalue weighted by atomic mass is 32.2. The second kappa shape index (κ2) is 10.5. The van der Waals surface area contributed by atoms with E-state index in [1.165, 1.54) is 30.2 Å². The van der Waals surface area contributed by atoms with Crippen LogP contribution in [0.15, 0.2) is 47.8 Å². The van der Waals surface area contributed by atoms with Crippen LogP contribution in [0.5, 0.6) is 0 Å². The number of carbonyl (C=O) groups excluding carboxylic acids is 1. The second-order valence-electron chi connectivity index (χ2n) is 7.67. The third kappa shape index (κ3) is 6.51. The normalized spacial score (nSPS) is 16.0. The lowest BCUT2D eigenvalue weighted by molar-refractivity contribution is -0.119. The number of nitrogens with zero attached hydrogens (tertiary/aromatic N) is 3. The molecule has 1 atom stereocenters. The molecule has 0 saturated carbocycles. The van der Waals surface area contributed by atoms with Gasteiger partial charge in [0.25, 0.3) is 0 Å². The third-order valence-corrected chi connectivity index (χ3v) is 6.13. The Hall–Kier alpha value is -2.08. The first-order valence-electron chi connectivity index (χ1n) is 10.1. The Morgan fingerprint density at radius 1 is 1.25 bits per heavy atom. The van der Waals surface area contributed by atoms with E-state index in [1.54, 1.807) is 6.33 Å². The average molecular weight is 399 g/mol. The van der Waals surface area contributed by atoms with Gasteiger partial charge in [-0.1, -0.05) is 49.0 Å². The minimum atomic E-state index is 0.0533. The Balaban J connectivity index is 1.42. The summed E-state index contributed by atoms with van der Waals surface area (Å²) in [5.41, 5.74) is 1.30. The highest BCUT2D eigenvalue weighted by molar-refractivity contribution is 7.99. The van der Waals surface area contributed by atoms with Crippen LogP contribution in [0, 0.1) is 5.92 Å². The first-order valence-corrected chi connectivity index (χ1v) is 11.1. The second-order valence-corrected chi connectivity index (χ2v) is 8.66. The van der Waals surface area contributed by atoms with Gasteiger partial charge in [0.05, 0.1) is 5.75 Å². The number of piperidine rings is 1. The van der Waals surface area contributed by atoms with Gasteiger partial charge >= 0.3 is 0 Å². The van der Waals surface area contributed by atoms with Gasteiger partial charge < -0.3 is 10.2 Å². The summed E-state index contributed by atoms with van der Waals surface area (Å²) < 4.78 is 0. The summed E-state index contributed by atoms with van der Waals surface area (Å²) >= 11 is 1.47. The first kappa shape index (κ1) is 20.6. The predicted octanol–water partition coefficient (Wildman–Crippen LogP) is 3.94. The first-order chi connectivity index (χ1) is 13.6. The zero-order valence-electron chi connectivity index (χ0n) is 16.8. The van der Waals surface area contributed by atoms with Crippen LogP contribution in [0.1, 0.15) is 38.7 Å². The molecule has 1 aliphatic heterocycles. The molecule has 1 aromatic heterocycles. The molecule has 1 amide bonds. The van der Waals surface area contributed by atoms with Gasteiger partial charge in [-0.05, 0) is 44.1 Å². The van der Waals surface area contributed by atoms with Crippen molar-refractivity contribution >= 4 is 23.5 Å². The lowest BCUT2D eigenvalue weighted by Gasteiger charge is -2.31. The molecule has 1 saturated heterocycles. The van der Waals surface area contributed by atoms with Crippen molar-refractivity contribution in [3.8, 4) is 0 Å². The van der Waals surface area contributed by atoms with Gasteiger partial charge in [-0.15, -0.1) is 0 Å². The molecule has 1 aliphatic rings. The fourth-order valence-electron chi connectivity index (χ4n) is 3.38. The number of amides is 1. The molecular weight excluding hydrogens is 368 g/mol. The fraction of sp³-hybridized carbons (Fsp3) is 0.500. The molecule has 0 unspecified atom stereocenters. The molecule has 5 nitrogen and oxygen atoms in total. The zero-order chi connectivity index (χ0) is 19.8. The Bertz CT molecular complexity index is 747. The largest absolute Gasteiger partial charge is 0.356 e. The fourth-order valence-corrected chi connectivity index (χ4v) is 4.05. The van der Waals surface area contributed by atoms with Gasteiger partial charge in [-0.3, -0.25) is 4.79 Å². The van der Waals surface area contributed by atoms with E-state index in [2.05, 4.69) is 58.3 Å². The van der Waals surface area contributed by atoms with Crippen molar-refractivity contribution in [3.05, 3.63) is 48.3 Å². The van der Waals surface area contributed by atoms with E-state index in [0.29, 0.717) is 5.75 Å². The molecule has 6 heteroatoms. The maximum absolute atomic E-state index is 12.3. The molecule has 1 N–H and O–H groups in total. The number of thioether (sulfide) groups is 1. The lowest BCUT2D eigenvalue weighted by atomic mass is 9.99. The van der Waals surface area contributed by atoms with Gasteiger partial charge in [0.1, 0.15) is 17.2 Å². The molecule has 2 aromatic rings. The predicted molar refractivity (Wildman–Crippen MR) is 116 cm³/mol. The summed E-state index contributed by atoms with van der Waals surface area (Å²) in [6.45, 7) is 6.45. The highest BCUT2D eigenvalue weighted by Crippen LogP contribution is 2.24. The summed E-state index contributed by atoms with van der Waals surface area (Å²) in [6, 6.07) is 12.5. The maximum Gasteiger partial charge on any atom is 0.230 e. The molecule has 0 aliphatic carbocycles. The van der Waals surface area contributed by atoms with Crippen LogP contribution in [0.25, 0.3) is 0 Å². The summed E-state index contributed by atoms with van der Waals surface area (Å²) in [6.07, 6.45) is 5.92. The van der Waals surface area contributed by atoms with Gasteiger partial charge in [0.2, 0.25) is 5.91 Å². The van der Waals surface area contributed by atoms with E-state index < -0.39 is 0 Å². The monoisotopic (exact) mass is 398 g/mol. The van der Waals surface area contributed by atoms with E-state index in [4.69, 9.17) is 0 Å². The van der Waals surface area contributed by atoms with E-state index in [9.17, 15) is 4.79 Å². The van der Waals surface area contributed by atoms with Crippen LogP contribution in [0.2, 0.25) is 0 Å². The maximum atomic E-state index is 12.3. The molecule has 0 radical (unpaired) electrons. The number of nitrogens with one attached hydrogen (secondary N) is 1. The summed E-state index contributed by atoms with van der Waals surface area (Å²) in [4.78, 5) is 23.3. The van der Waals surface area contributed by atoms with Gasteiger partial charge in [0.15, 0.2) is 0 Å². The lowest BCUT2D eigenvalue weighted by Crippen LogP contribution is -2.34. The number of hydrogen-bond donors (Lipinski definition) is 1. The summed E-state index contributed by atoms with van der Waals surface area (Å²) in [7, 11) is 0. The van der Waals surface area contributed by atoms with Crippen molar-refractivity contribution in [3.63, 3.8) is 0 Å². The number of aryl methyl sites for hydroxylation is 1. The molecule has 2 heterocycles. The standard InChI is InChI=1S/C22H30N4OS/c1-17-10-12-26(13-11-17)20-14-22(24-16-23-20)28-15-21(27)25-18(2)8-9-19-6-4-3-5-7-19/h3-7,14,16-18H,8-13,15H2,1-2H3,(H,25,27)/t18-/m1/s1. The molecule has 1 aromatic carbocycles. The Morgan fingerprint density at radius 3 is 2.75 bits per heavy atom. The van der Waals surface area contributed by atoms with Crippen molar-refractivity contribution in [1.29, 1.82) is 0 Å². The molecule has 0 spiro atoms.